The number of rotatable bonds is 8. The number of nitro groups is 1. The van der Waals surface area contributed by atoms with Gasteiger partial charge in [-0.05, 0) is 48.2 Å². The molecule has 0 saturated carbocycles. The van der Waals surface area contributed by atoms with Crippen molar-refractivity contribution in [3.05, 3.63) is 82.6 Å². The van der Waals surface area contributed by atoms with E-state index in [1.54, 1.807) is 33.6 Å². The number of fused-ring (bicyclic) bond motifs is 1. The van der Waals surface area contributed by atoms with Crippen molar-refractivity contribution in [3.63, 3.8) is 0 Å². The Balaban J connectivity index is 1.25. The zero-order chi connectivity index (χ0) is 23.7. The van der Waals surface area contributed by atoms with E-state index in [4.69, 9.17) is 14.2 Å². The van der Waals surface area contributed by atoms with Gasteiger partial charge in [-0.25, -0.2) is 9.07 Å². The van der Waals surface area contributed by atoms with Gasteiger partial charge in [0.15, 0.2) is 5.60 Å². The van der Waals surface area contributed by atoms with E-state index in [-0.39, 0.29) is 30.9 Å². The molecule has 5 rings (SSSR count). The molecule has 11 nitrogen and oxygen atoms in total. The van der Waals surface area contributed by atoms with Gasteiger partial charge < -0.3 is 24.3 Å². The van der Waals surface area contributed by atoms with Crippen LogP contribution in [0.4, 0.5) is 10.2 Å². The average Bonchev–Trinajstić information content (AvgIpc) is 3.52. The van der Waals surface area contributed by atoms with Crippen LogP contribution in [0.2, 0.25) is 0 Å². The molecule has 2 aromatic heterocycles. The molecule has 2 aromatic carbocycles. The summed E-state index contributed by atoms with van der Waals surface area (Å²) in [7, 11) is 0. The first kappa shape index (κ1) is 21.4. The van der Waals surface area contributed by atoms with Gasteiger partial charge in [-0.3, -0.25) is 4.57 Å². The third-order valence-corrected chi connectivity index (χ3v) is 5.14. The first-order valence-electron chi connectivity index (χ1n) is 10.3. The summed E-state index contributed by atoms with van der Waals surface area (Å²) in [6.07, 6.45) is 3.06. The fraction of sp³-hybridized carbons (Fsp3) is 0.227. The molecule has 0 unspecified atom stereocenters. The van der Waals surface area contributed by atoms with Gasteiger partial charge >= 0.3 is 11.8 Å². The maximum absolute atomic E-state index is 13.0. The highest BCUT2D eigenvalue weighted by Gasteiger charge is 2.41. The molecule has 0 fully saturated rings. The third-order valence-electron chi connectivity index (χ3n) is 5.14. The lowest BCUT2D eigenvalue weighted by Gasteiger charge is -2.22. The Hall–Kier alpha value is -4.48. The molecule has 34 heavy (non-hydrogen) atoms. The zero-order valence-electron chi connectivity index (χ0n) is 18.0. The summed E-state index contributed by atoms with van der Waals surface area (Å²) in [6.45, 7) is 2.55. The smallest absolute Gasteiger partial charge is 0.415 e. The molecular weight excluding hydrogens is 447 g/mol. The number of benzene rings is 2. The van der Waals surface area contributed by atoms with Crippen LogP contribution >= 0.6 is 0 Å². The molecule has 0 saturated heterocycles. The van der Waals surface area contributed by atoms with E-state index < -0.39 is 10.5 Å². The molecular formula is C22H19FN6O5. The van der Waals surface area contributed by atoms with Crippen LogP contribution in [0.1, 0.15) is 12.6 Å². The van der Waals surface area contributed by atoms with Crippen LogP contribution in [0.3, 0.4) is 0 Å². The van der Waals surface area contributed by atoms with E-state index in [9.17, 15) is 14.5 Å². The van der Waals surface area contributed by atoms with Gasteiger partial charge in [0.2, 0.25) is 0 Å². The minimum Gasteiger partial charge on any atom is -0.487 e. The fourth-order valence-electron chi connectivity index (χ4n) is 3.53. The Labute approximate surface area is 192 Å². The third kappa shape index (κ3) is 4.37. The van der Waals surface area contributed by atoms with E-state index >= 15 is 0 Å². The predicted molar refractivity (Wildman–Crippen MR) is 116 cm³/mol. The molecule has 1 aliphatic rings. The maximum atomic E-state index is 13.0. The second-order valence-electron chi connectivity index (χ2n) is 7.97. The molecule has 0 amide bonds. The summed E-state index contributed by atoms with van der Waals surface area (Å²) in [4.78, 5) is 14.2. The predicted octanol–water partition coefficient (Wildman–Crippen LogP) is 3.32. The minimum atomic E-state index is -0.749. The number of ether oxygens (including phenoxy) is 3. The van der Waals surface area contributed by atoms with E-state index in [1.807, 2.05) is 25.1 Å². The quantitative estimate of drug-likeness (QED) is 0.287. The first-order chi connectivity index (χ1) is 16.4. The van der Waals surface area contributed by atoms with Crippen molar-refractivity contribution < 1.29 is 23.5 Å². The van der Waals surface area contributed by atoms with Gasteiger partial charge in [0.1, 0.15) is 48.1 Å². The molecule has 0 spiro atoms. The number of halogens is 1. The molecule has 0 aliphatic carbocycles. The maximum Gasteiger partial charge on any atom is 0.415 e. The molecule has 174 valence electrons. The highest BCUT2D eigenvalue weighted by atomic mass is 19.1. The molecule has 1 atom stereocenters. The van der Waals surface area contributed by atoms with Crippen LogP contribution in [0.5, 0.6) is 17.5 Å². The summed E-state index contributed by atoms with van der Waals surface area (Å²) in [5, 5.41) is 19.2. The molecule has 0 radical (unpaired) electrons. The number of para-hydroxylation sites is 2. The lowest BCUT2D eigenvalue weighted by molar-refractivity contribution is -0.389. The van der Waals surface area contributed by atoms with Crippen molar-refractivity contribution in [1.29, 1.82) is 0 Å². The summed E-state index contributed by atoms with van der Waals surface area (Å²) >= 11 is 0. The molecule has 3 heterocycles. The van der Waals surface area contributed by atoms with Crippen LogP contribution < -0.4 is 14.2 Å². The molecule has 1 aliphatic heterocycles. The Bertz CT molecular complexity index is 1310. The second kappa shape index (κ2) is 8.46. The minimum absolute atomic E-state index is 0.165. The van der Waals surface area contributed by atoms with Gasteiger partial charge in [-0.15, -0.1) is 5.10 Å². The standard InChI is InChI=1S/C22H19FN6O5/c1-22(13-27-11-20(29(30)31)24-21(27)34-22)14-33-19-5-3-2-4-18(19)28-10-16(25-26-28)12-32-17-8-6-15(23)7-9-17/h2-11H,12-14H2,1H3/t22-/m1/s1. The lowest BCUT2D eigenvalue weighted by Crippen LogP contribution is -2.38. The zero-order valence-corrected chi connectivity index (χ0v) is 18.0. The van der Waals surface area contributed by atoms with E-state index in [1.165, 1.54) is 18.3 Å². The summed E-state index contributed by atoms with van der Waals surface area (Å²) in [5.74, 6) is 0.486. The molecule has 0 N–H and O–H groups in total. The Kier molecular flexibility index (Phi) is 5.32. The van der Waals surface area contributed by atoms with Gasteiger partial charge in [0.25, 0.3) is 0 Å². The van der Waals surface area contributed by atoms with Gasteiger partial charge in [-0.2, -0.15) is 0 Å². The number of nitrogens with zero attached hydrogens (tertiary/aromatic N) is 6. The summed E-state index contributed by atoms with van der Waals surface area (Å²) in [6, 6.07) is 13.2. The van der Waals surface area contributed by atoms with Crippen molar-refractivity contribution in [2.75, 3.05) is 6.61 Å². The fourth-order valence-corrected chi connectivity index (χ4v) is 3.53. The van der Waals surface area contributed by atoms with Crippen molar-refractivity contribution in [1.82, 2.24) is 24.5 Å². The van der Waals surface area contributed by atoms with Crippen molar-refractivity contribution in [3.8, 4) is 23.2 Å². The van der Waals surface area contributed by atoms with Gasteiger partial charge in [0.05, 0.1) is 12.7 Å². The van der Waals surface area contributed by atoms with Crippen molar-refractivity contribution in [2.45, 2.75) is 25.7 Å². The van der Waals surface area contributed by atoms with Crippen LogP contribution in [-0.2, 0) is 13.2 Å². The van der Waals surface area contributed by atoms with Crippen molar-refractivity contribution >= 4 is 5.82 Å². The number of hydrogen-bond donors (Lipinski definition) is 0. The number of hydrogen-bond acceptors (Lipinski definition) is 8. The van der Waals surface area contributed by atoms with Crippen molar-refractivity contribution in [2.24, 2.45) is 0 Å². The summed E-state index contributed by atoms with van der Waals surface area (Å²) < 4.78 is 33.7. The topological polar surface area (TPSA) is 119 Å². The van der Waals surface area contributed by atoms with Crippen LogP contribution in [0.15, 0.2) is 60.9 Å². The Morgan fingerprint density at radius 3 is 2.74 bits per heavy atom. The SMILES string of the molecule is C[C@]1(COc2ccccc2-n2cc(COc3ccc(F)cc3)nn2)Cn2cc([N+](=O)[O-])nc2O1. The van der Waals surface area contributed by atoms with E-state index in [0.29, 0.717) is 29.4 Å². The first-order valence-corrected chi connectivity index (χ1v) is 10.3. The summed E-state index contributed by atoms with van der Waals surface area (Å²) in [5.41, 5.74) is 0.497. The number of aromatic nitrogens is 5. The second-order valence-corrected chi connectivity index (χ2v) is 7.97. The van der Waals surface area contributed by atoms with Crippen LogP contribution in [-0.4, -0.2) is 41.7 Å². The van der Waals surface area contributed by atoms with E-state index in [0.717, 1.165) is 0 Å². The van der Waals surface area contributed by atoms with Crippen LogP contribution in [0, 0.1) is 15.9 Å². The Morgan fingerprint density at radius 1 is 1.18 bits per heavy atom. The normalized spacial score (nSPS) is 16.6. The number of imidazole rings is 1. The average molecular weight is 466 g/mol. The largest absolute Gasteiger partial charge is 0.487 e. The van der Waals surface area contributed by atoms with Gasteiger partial charge in [-0.1, -0.05) is 17.3 Å². The highest BCUT2D eigenvalue weighted by Crippen LogP contribution is 2.32. The van der Waals surface area contributed by atoms with Crippen LogP contribution in [0.25, 0.3) is 5.69 Å². The monoisotopic (exact) mass is 466 g/mol. The van der Waals surface area contributed by atoms with E-state index in [2.05, 4.69) is 15.3 Å². The molecule has 4 aromatic rings. The molecule has 0 bridgehead atoms. The molecule has 12 heteroatoms. The highest BCUT2D eigenvalue weighted by molar-refractivity contribution is 5.46. The Morgan fingerprint density at radius 2 is 1.97 bits per heavy atom. The van der Waals surface area contributed by atoms with Gasteiger partial charge in [0, 0.05) is 4.98 Å². The lowest BCUT2D eigenvalue weighted by atomic mass is 10.1.